The molecule has 0 spiro atoms. The van der Waals surface area contributed by atoms with E-state index in [-0.39, 0.29) is 17.7 Å². The molecule has 13 heteroatoms. The molecule has 0 amide bonds. The molecule has 2 rings (SSSR count). The van der Waals surface area contributed by atoms with Crippen molar-refractivity contribution in [3.63, 3.8) is 0 Å². The van der Waals surface area contributed by atoms with E-state index in [1.807, 2.05) is 0 Å². The second kappa shape index (κ2) is 11.1. The molecule has 2 N–H and O–H groups in total. The smallest absolute Gasteiger partial charge is 0.453 e. The summed E-state index contributed by atoms with van der Waals surface area (Å²) in [5.41, 5.74) is 0. The Hall–Kier alpha value is -1.76. The fourth-order valence-electron chi connectivity index (χ4n) is 2.93. The summed E-state index contributed by atoms with van der Waals surface area (Å²) in [5.74, 6) is -5.85. The van der Waals surface area contributed by atoms with Crippen LogP contribution in [0.4, 0.5) is 22.0 Å². The number of carboxylic acid groups (broad SMARTS) is 1. The normalized spacial score (nSPS) is 13.8. The molecule has 1 heterocycles. The third-order valence-corrected chi connectivity index (χ3v) is 7.66. The average Bonchev–Trinajstić information content (AvgIpc) is 3.15. The van der Waals surface area contributed by atoms with Gasteiger partial charge in [0, 0.05) is 27.6 Å². The van der Waals surface area contributed by atoms with Crippen LogP contribution in [0.3, 0.4) is 0 Å². The third-order valence-electron chi connectivity index (χ3n) is 4.66. The predicted octanol–water partition coefficient (Wildman–Crippen LogP) is 6.20. The Kier molecular flexibility index (Phi) is 9.25. The van der Waals surface area contributed by atoms with E-state index in [4.69, 9.17) is 16.7 Å². The van der Waals surface area contributed by atoms with Gasteiger partial charge in [-0.25, -0.2) is 13.1 Å². The number of aryl methyl sites for hydroxylation is 1. The summed E-state index contributed by atoms with van der Waals surface area (Å²) in [6.45, 7) is 0. The summed E-state index contributed by atoms with van der Waals surface area (Å²) < 4.78 is 91.9. The standard InChI is InChI=1S/C20H21ClF5NO4S2/c21-13-6-9-15(10-7-13)33(30,31)27-16(4-2-12-19(22,23)20(24,25)26)17-11-8-14(32-17)3-1-5-18(28)29/h6-11,16,27H,1-5,12H2,(H,28,29). The van der Waals surface area contributed by atoms with Crippen LogP contribution in [0, 0.1) is 0 Å². The van der Waals surface area contributed by atoms with Gasteiger partial charge in [-0.15, -0.1) is 11.3 Å². The summed E-state index contributed by atoms with van der Waals surface area (Å²) in [6, 6.07) is 7.33. The van der Waals surface area contributed by atoms with Crippen molar-refractivity contribution in [3.8, 4) is 0 Å². The van der Waals surface area contributed by atoms with E-state index >= 15 is 0 Å². The molecule has 0 fully saturated rings. The molecule has 0 bridgehead atoms. The summed E-state index contributed by atoms with van der Waals surface area (Å²) in [7, 11) is -4.13. The van der Waals surface area contributed by atoms with Crippen LogP contribution in [0.1, 0.15) is 47.9 Å². The zero-order valence-electron chi connectivity index (χ0n) is 17.0. The maximum absolute atomic E-state index is 13.3. The maximum atomic E-state index is 13.3. The number of benzene rings is 1. The lowest BCUT2D eigenvalue weighted by atomic mass is 10.1. The van der Waals surface area contributed by atoms with Crippen molar-refractivity contribution in [3.05, 3.63) is 51.2 Å². The number of thiophene rings is 1. The van der Waals surface area contributed by atoms with E-state index in [1.54, 1.807) is 12.1 Å². The fourth-order valence-corrected chi connectivity index (χ4v) is 5.52. The Labute approximate surface area is 196 Å². The molecule has 5 nitrogen and oxygen atoms in total. The molecule has 0 aliphatic rings. The first-order valence-electron chi connectivity index (χ1n) is 9.74. The zero-order chi connectivity index (χ0) is 24.9. The summed E-state index contributed by atoms with van der Waals surface area (Å²) in [4.78, 5) is 11.7. The molecule has 33 heavy (non-hydrogen) atoms. The highest BCUT2D eigenvalue weighted by molar-refractivity contribution is 7.89. The van der Waals surface area contributed by atoms with Crippen molar-refractivity contribution in [2.75, 3.05) is 0 Å². The molecule has 1 aromatic heterocycles. The van der Waals surface area contributed by atoms with E-state index in [1.165, 1.54) is 24.3 Å². The number of hydrogen-bond acceptors (Lipinski definition) is 4. The second-order valence-corrected chi connectivity index (χ2v) is 10.6. The molecule has 2 aromatic rings. The van der Waals surface area contributed by atoms with Crippen LogP contribution in [0.25, 0.3) is 0 Å². The lowest BCUT2D eigenvalue weighted by molar-refractivity contribution is -0.284. The number of aliphatic carboxylic acids is 1. The molecule has 0 saturated heterocycles. The van der Waals surface area contributed by atoms with Crippen molar-refractivity contribution in [2.45, 2.75) is 61.6 Å². The van der Waals surface area contributed by atoms with Crippen LogP contribution in [0.5, 0.6) is 0 Å². The largest absolute Gasteiger partial charge is 0.481 e. The molecule has 184 valence electrons. The van der Waals surface area contributed by atoms with E-state index in [2.05, 4.69) is 4.72 Å². The first-order chi connectivity index (χ1) is 15.2. The quantitative estimate of drug-likeness (QED) is 0.318. The number of alkyl halides is 5. The Morgan fingerprint density at radius 3 is 2.27 bits per heavy atom. The molecule has 1 atom stereocenters. The molecule has 1 unspecified atom stereocenters. The lowest BCUT2D eigenvalue weighted by Gasteiger charge is -2.22. The number of carboxylic acids is 1. The van der Waals surface area contributed by atoms with Gasteiger partial charge in [0.05, 0.1) is 10.9 Å². The Bertz CT molecular complexity index is 1040. The summed E-state index contributed by atoms with van der Waals surface area (Å²) in [5, 5.41) is 9.03. The van der Waals surface area contributed by atoms with Gasteiger partial charge in [0.2, 0.25) is 10.0 Å². The van der Waals surface area contributed by atoms with E-state index < -0.39 is 47.0 Å². The number of nitrogens with one attached hydrogen (secondary N) is 1. The van der Waals surface area contributed by atoms with Crippen LogP contribution >= 0.6 is 22.9 Å². The molecule has 0 aliphatic carbocycles. The number of hydrogen-bond donors (Lipinski definition) is 2. The second-order valence-electron chi connectivity index (χ2n) is 7.27. The summed E-state index contributed by atoms with van der Waals surface area (Å²) in [6.07, 6.45) is -7.38. The molecular weight excluding hydrogens is 513 g/mol. The minimum atomic E-state index is -5.69. The van der Waals surface area contributed by atoms with E-state index in [0.29, 0.717) is 22.7 Å². The Balaban J connectivity index is 2.20. The van der Waals surface area contributed by atoms with Gasteiger partial charge in [0.15, 0.2) is 0 Å². The van der Waals surface area contributed by atoms with Gasteiger partial charge in [0.25, 0.3) is 0 Å². The highest BCUT2D eigenvalue weighted by atomic mass is 35.5. The third kappa shape index (κ3) is 8.20. The lowest BCUT2D eigenvalue weighted by Crippen LogP contribution is -2.36. The average molecular weight is 534 g/mol. The Morgan fingerprint density at radius 2 is 1.70 bits per heavy atom. The fraction of sp³-hybridized carbons (Fsp3) is 0.450. The van der Waals surface area contributed by atoms with Gasteiger partial charge in [-0.2, -0.15) is 22.0 Å². The van der Waals surface area contributed by atoms with Crippen LogP contribution < -0.4 is 4.72 Å². The SMILES string of the molecule is O=C(O)CCCc1ccc(C(CCCC(F)(F)C(F)(F)F)NS(=O)(=O)c2ccc(Cl)cc2)s1. The molecule has 0 saturated carbocycles. The van der Waals surface area contributed by atoms with Gasteiger partial charge in [-0.1, -0.05) is 11.6 Å². The van der Waals surface area contributed by atoms with Crippen molar-refractivity contribution in [1.82, 2.24) is 4.72 Å². The summed E-state index contributed by atoms with van der Waals surface area (Å²) >= 11 is 6.91. The first kappa shape index (κ1) is 27.5. The van der Waals surface area contributed by atoms with Crippen LogP contribution in [0.15, 0.2) is 41.3 Å². The first-order valence-corrected chi connectivity index (χ1v) is 12.4. The molecule has 0 aliphatic heterocycles. The van der Waals surface area contributed by atoms with Crippen molar-refractivity contribution < 1.29 is 40.3 Å². The van der Waals surface area contributed by atoms with Crippen molar-refractivity contribution in [2.24, 2.45) is 0 Å². The van der Waals surface area contributed by atoms with Gasteiger partial charge in [-0.05, 0) is 62.1 Å². The minimum absolute atomic E-state index is 0.0631. The van der Waals surface area contributed by atoms with Gasteiger partial charge < -0.3 is 5.11 Å². The monoisotopic (exact) mass is 533 g/mol. The highest BCUT2D eigenvalue weighted by Gasteiger charge is 2.56. The van der Waals surface area contributed by atoms with E-state index in [0.717, 1.165) is 16.2 Å². The van der Waals surface area contributed by atoms with Crippen LogP contribution in [-0.2, 0) is 21.2 Å². The Morgan fingerprint density at radius 1 is 1.06 bits per heavy atom. The van der Waals surface area contributed by atoms with Gasteiger partial charge in [0.1, 0.15) is 0 Å². The van der Waals surface area contributed by atoms with Gasteiger partial charge >= 0.3 is 18.1 Å². The van der Waals surface area contributed by atoms with Gasteiger partial charge in [-0.3, -0.25) is 4.79 Å². The zero-order valence-corrected chi connectivity index (χ0v) is 19.4. The maximum Gasteiger partial charge on any atom is 0.453 e. The topological polar surface area (TPSA) is 83.5 Å². The van der Waals surface area contributed by atoms with Crippen molar-refractivity contribution in [1.29, 1.82) is 0 Å². The number of halogens is 6. The molecule has 0 radical (unpaired) electrons. The highest BCUT2D eigenvalue weighted by Crippen LogP contribution is 2.40. The number of rotatable bonds is 12. The van der Waals surface area contributed by atoms with E-state index in [9.17, 15) is 35.2 Å². The number of sulfonamides is 1. The van der Waals surface area contributed by atoms with Crippen LogP contribution in [-0.4, -0.2) is 31.6 Å². The van der Waals surface area contributed by atoms with Crippen molar-refractivity contribution >= 4 is 38.9 Å². The molecular formula is C20H21ClF5NO4S2. The van der Waals surface area contributed by atoms with Crippen LogP contribution in [0.2, 0.25) is 5.02 Å². The predicted molar refractivity (Wildman–Crippen MR) is 114 cm³/mol. The number of carbonyl (C=O) groups is 1. The minimum Gasteiger partial charge on any atom is -0.481 e. The molecule has 1 aromatic carbocycles.